The van der Waals surface area contributed by atoms with Crippen LogP contribution in [0.4, 0.5) is 0 Å². The van der Waals surface area contributed by atoms with Gasteiger partial charge in [0, 0.05) is 39.8 Å². The molecule has 2 atom stereocenters. The second kappa shape index (κ2) is 14.1. The highest BCUT2D eigenvalue weighted by atomic mass is 127. The van der Waals surface area contributed by atoms with Gasteiger partial charge in [0.2, 0.25) is 0 Å². The molecule has 1 aromatic carbocycles. The van der Waals surface area contributed by atoms with E-state index in [1.54, 1.807) is 14.2 Å². The van der Waals surface area contributed by atoms with Crippen LogP contribution in [0.1, 0.15) is 37.3 Å². The molecule has 2 N–H and O–H groups in total. The normalized spacial score (nSPS) is 21.0. The smallest absolute Gasteiger partial charge is 0.191 e. The van der Waals surface area contributed by atoms with E-state index in [1.807, 2.05) is 13.1 Å². The SMILES string of the molecule is CN=C(NCC1CCCN1CCOC)NCC(c1cccc(OC)c1)N1CCCC1.I. The largest absolute Gasteiger partial charge is 0.497 e. The summed E-state index contributed by atoms with van der Waals surface area (Å²) in [6.45, 7) is 6.98. The van der Waals surface area contributed by atoms with Crippen molar-refractivity contribution in [1.29, 1.82) is 0 Å². The Bertz CT molecular complexity index is 669. The molecule has 2 heterocycles. The first kappa shape index (κ1) is 26.2. The van der Waals surface area contributed by atoms with Crippen LogP contribution in [-0.4, -0.2) is 88.9 Å². The zero-order valence-electron chi connectivity index (χ0n) is 19.3. The van der Waals surface area contributed by atoms with E-state index in [0.29, 0.717) is 12.1 Å². The van der Waals surface area contributed by atoms with Crippen molar-refractivity contribution in [2.45, 2.75) is 37.8 Å². The molecule has 0 bridgehead atoms. The van der Waals surface area contributed by atoms with E-state index in [9.17, 15) is 0 Å². The molecule has 8 heteroatoms. The molecular weight excluding hydrogens is 505 g/mol. The summed E-state index contributed by atoms with van der Waals surface area (Å²) >= 11 is 0. The quantitative estimate of drug-likeness (QED) is 0.268. The number of ether oxygens (including phenoxy) is 2. The van der Waals surface area contributed by atoms with Crippen LogP contribution in [0.5, 0.6) is 5.75 Å². The van der Waals surface area contributed by atoms with E-state index >= 15 is 0 Å². The van der Waals surface area contributed by atoms with Crippen LogP contribution >= 0.6 is 24.0 Å². The van der Waals surface area contributed by atoms with E-state index in [1.165, 1.54) is 31.2 Å². The first-order valence-corrected chi connectivity index (χ1v) is 11.3. The Kier molecular flexibility index (Phi) is 11.9. The molecule has 31 heavy (non-hydrogen) atoms. The van der Waals surface area contributed by atoms with Crippen LogP contribution in [0, 0.1) is 0 Å². The van der Waals surface area contributed by atoms with Gasteiger partial charge >= 0.3 is 0 Å². The minimum atomic E-state index is 0. The van der Waals surface area contributed by atoms with Gasteiger partial charge in [-0.25, -0.2) is 0 Å². The molecule has 2 aliphatic rings. The number of likely N-dealkylation sites (tertiary alicyclic amines) is 2. The van der Waals surface area contributed by atoms with Crippen molar-refractivity contribution in [3.8, 4) is 5.75 Å². The lowest BCUT2D eigenvalue weighted by Crippen LogP contribution is -2.47. The molecule has 176 valence electrons. The summed E-state index contributed by atoms with van der Waals surface area (Å²) in [6.07, 6.45) is 5.03. The van der Waals surface area contributed by atoms with Crippen molar-refractivity contribution in [2.24, 2.45) is 4.99 Å². The number of nitrogens with zero attached hydrogens (tertiary/aromatic N) is 3. The van der Waals surface area contributed by atoms with Gasteiger partial charge in [-0.2, -0.15) is 0 Å². The van der Waals surface area contributed by atoms with Crippen molar-refractivity contribution in [1.82, 2.24) is 20.4 Å². The Labute approximate surface area is 205 Å². The molecule has 0 spiro atoms. The summed E-state index contributed by atoms with van der Waals surface area (Å²) in [5.41, 5.74) is 1.29. The third-order valence-corrected chi connectivity index (χ3v) is 6.33. The number of benzene rings is 1. The minimum Gasteiger partial charge on any atom is -0.497 e. The maximum absolute atomic E-state index is 5.46. The maximum atomic E-state index is 5.46. The second-order valence-corrected chi connectivity index (χ2v) is 8.19. The summed E-state index contributed by atoms with van der Waals surface area (Å²) < 4.78 is 10.7. The number of aliphatic imine (C=N–C) groups is 1. The zero-order chi connectivity index (χ0) is 21.2. The highest BCUT2D eigenvalue weighted by molar-refractivity contribution is 14.0. The van der Waals surface area contributed by atoms with Crippen LogP contribution in [0.3, 0.4) is 0 Å². The first-order valence-electron chi connectivity index (χ1n) is 11.3. The van der Waals surface area contributed by atoms with Gasteiger partial charge < -0.3 is 20.1 Å². The van der Waals surface area contributed by atoms with Crippen molar-refractivity contribution in [3.63, 3.8) is 0 Å². The van der Waals surface area contributed by atoms with E-state index in [-0.39, 0.29) is 24.0 Å². The van der Waals surface area contributed by atoms with Gasteiger partial charge in [0.05, 0.1) is 19.8 Å². The van der Waals surface area contributed by atoms with E-state index in [0.717, 1.165) is 57.6 Å². The molecule has 0 aromatic heterocycles. The standard InChI is InChI=1S/C23H39N5O2.HI/c1-24-23(25-17-20-9-7-13-27(20)14-15-29-2)26-18-22(28-11-4-5-12-28)19-8-6-10-21(16-19)30-3;/h6,8,10,16,20,22H,4-5,7,9,11-15,17-18H2,1-3H3,(H2,24,25,26);1H. The Balaban J connectivity index is 0.00000341. The molecule has 2 unspecified atom stereocenters. The van der Waals surface area contributed by atoms with Gasteiger partial charge in [0.25, 0.3) is 0 Å². The summed E-state index contributed by atoms with van der Waals surface area (Å²) in [5.74, 6) is 1.79. The van der Waals surface area contributed by atoms with Crippen LogP contribution in [0.25, 0.3) is 0 Å². The van der Waals surface area contributed by atoms with Gasteiger partial charge in [-0.1, -0.05) is 12.1 Å². The third-order valence-electron chi connectivity index (χ3n) is 6.33. The Morgan fingerprint density at radius 3 is 2.68 bits per heavy atom. The third kappa shape index (κ3) is 7.76. The van der Waals surface area contributed by atoms with E-state index in [4.69, 9.17) is 9.47 Å². The zero-order valence-corrected chi connectivity index (χ0v) is 21.6. The number of hydrogen-bond acceptors (Lipinski definition) is 5. The number of halogens is 1. The average molecular weight is 546 g/mol. The number of guanidine groups is 1. The lowest BCUT2D eigenvalue weighted by molar-refractivity contribution is 0.141. The Morgan fingerprint density at radius 1 is 1.16 bits per heavy atom. The minimum absolute atomic E-state index is 0. The van der Waals surface area contributed by atoms with Gasteiger partial charge in [0.1, 0.15) is 5.75 Å². The fourth-order valence-corrected chi connectivity index (χ4v) is 4.62. The predicted molar refractivity (Wildman–Crippen MR) is 138 cm³/mol. The highest BCUT2D eigenvalue weighted by Crippen LogP contribution is 2.27. The number of methoxy groups -OCH3 is 2. The van der Waals surface area contributed by atoms with Crippen LogP contribution < -0.4 is 15.4 Å². The Hall–Kier alpha value is -1.10. The summed E-state index contributed by atoms with van der Waals surface area (Å²) in [6, 6.07) is 9.31. The number of rotatable bonds is 10. The van der Waals surface area contributed by atoms with Crippen molar-refractivity contribution in [2.75, 3.05) is 67.1 Å². The monoisotopic (exact) mass is 545 g/mol. The molecule has 1 aromatic rings. The molecule has 2 saturated heterocycles. The van der Waals surface area contributed by atoms with Gasteiger partial charge in [-0.3, -0.25) is 14.8 Å². The van der Waals surface area contributed by atoms with Gasteiger partial charge in [-0.15, -0.1) is 24.0 Å². The fourth-order valence-electron chi connectivity index (χ4n) is 4.62. The maximum Gasteiger partial charge on any atom is 0.191 e. The molecule has 0 amide bonds. The van der Waals surface area contributed by atoms with Gasteiger partial charge in [0.15, 0.2) is 5.96 Å². The molecule has 3 rings (SSSR count). The van der Waals surface area contributed by atoms with Crippen LogP contribution in [-0.2, 0) is 4.74 Å². The second-order valence-electron chi connectivity index (χ2n) is 8.19. The van der Waals surface area contributed by atoms with Crippen LogP contribution in [0.2, 0.25) is 0 Å². The van der Waals surface area contributed by atoms with Crippen molar-refractivity contribution in [3.05, 3.63) is 29.8 Å². The molecular formula is C23H40IN5O2. The molecule has 0 aliphatic carbocycles. The van der Waals surface area contributed by atoms with Crippen LogP contribution in [0.15, 0.2) is 29.3 Å². The van der Waals surface area contributed by atoms with Crippen molar-refractivity contribution >= 4 is 29.9 Å². The van der Waals surface area contributed by atoms with E-state index < -0.39 is 0 Å². The molecule has 0 radical (unpaired) electrons. The topological polar surface area (TPSA) is 61.4 Å². The fraction of sp³-hybridized carbons (Fsp3) is 0.696. The molecule has 2 aliphatic heterocycles. The lowest BCUT2D eigenvalue weighted by atomic mass is 10.1. The summed E-state index contributed by atoms with van der Waals surface area (Å²) in [4.78, 5) is 9.56. The average Bonchev–Trinajstić information content (AvgIpc) is 3.47. The molecule has 0 saturated carbocycles. The number of hydrogen-bond donors (Lipinski definition) is 2. The first-order chi connectivity index (χ1) is 14.7. The lowest BCUT2D eigenvalue weighted by Gasteiger charge is -2.30. The highest BCUT2D eigenvalue weighted by Gasteiger charge is 2.26. The predicted octanol–water partition coefficient (Wildman–Crippen LogP) is 2.73. The molecule has 2 fully saturated rings. The van der Waals surface area contributed by atoms with Crippen molar-refractivity contribution < 1.29 is 9.47 Å². The van der Waals surface area contributed by atoms with Gasteiger partial charge in [-0.05, 0) is 63.0 Å². The number of nitrogens with one attached hydrogen (secondary N) is 2. The summed E-state index contributed by atoms with van der Waals surface area (Å²) in [7, 11) is 5.35. The van der Waals surface area contributed by atoms with E-state index in [2.05, 4.69) is 43.6 Å². The molecule has 7 nitrogen and oxygen atoms in total. The Morgan fingerprint density at radius 2 is 1.97 bits per heavy atom. The summed E-state index contributed by atoms with van der Waals surface area (Å²) in [5, 5.41) is 7.13.